The Balaban J connectivity index is 1.41. The topological polar surface area (TPSA) is 25.8 Å². The Morgan fingerprint density at radius 3 is 1.73 bits per heavy atom. The van der Waals surface area contributed by atoms with Crippen molar-refractivity contribution in [3.8, 4) is 22.5 Å². The fraction of sp³-hybridized carbons (Fsp3) is 0. The third-order valence-electron chi connectivity index (χ3n) is 8.23. The summed E-state index contributed by atoms with van der Waals surface area (Å²) in [5.41, 5.74) is 5.75. The first-order valence-electron chi connectivity index (χ1n) is 13.8. The molecule has 0 atom stereocenters. The summed E-state index contributed by atoms with van der Waals surface area (Å²) in [6.07, 6.45) is 0. The molecule has 0 radical (unpaired) electrons. The van der Waals surface area contributed by atoms with E-state index in [1.165, 1.54) is 52.5 Å². The van der Waals surface area contributed by atoms with Gasteiger partial charge in [0, 0.05) is 36.7 Å². The lowest BCUT2D eigenvalue weighted by molar-refractivity contribution is 1.29. The third kappa shape index (κ3) is 3.36. The standard InChI is InChI=1S/C38H22N2S/c1-2-10-23(11-3-1)36-37(40-33-16-8-7-15-32(33)39-36)24-18-19-29-31(22-24)26-13-5-4-12-25(26)28-20-21-30-27-14-6-9-17-34(27)41-38(30)35(28)29/h1-22H. The molecule has 0 saturated carbocycles. The first-order chi connectivity index (χ1) is 20.3. The number of benzene rings is 7. The van der Waals surface area contributed by atoms with Gasteiger partial charge in [-0.15, -0.1) is 11.3 Å². The van der Waals surface area contributed by atoms with Crippen LogP contribution in [0.2, 0.25) is 0 Å². The van der Waals surface area contributed by atoms with Gasteiger partial charge in [0.1, 0.15) is 0 Å². The van der Waals surface area contributed by atoms with Crippen molar-refractivity contribution in [2.45, 2.75) is 0 Å². The van der Waals surface area contributed by atoms with E-state index in [1.807, 2.05) is 41.7 Å². The number of nitrogens with zero attached hydrogens (tertiary/aromatic N) is 2. The van der Waals surface area contributed by atoms with E-state index in [0.29, 0.717) is 0 Å². The lowest BCUT2D eigenvalue weighted by Gasteiger charge is -2.14. The van der Waals surface area contributed by atoms with Crippen LogP contribution in [0.5, 0.6) is 0 Å². The molecular weight excluding hydrogens is 516 g/mol. The second-order valence-electron chi connectivity index (χ2n) is 10.5. The van der Waals surface area contributed by atoms with Crippen LogP contribution < -0.4 is 0 Å². The van der Waals surface area contributed by atoms with Crippen LogP contribution in [0.15, 0.2) is 133 Å². The molecule has 0 unspecified atom stereocenters. The second-order valence-corrected chi connectivity index (χ2v) is 11.6. The molecule has 9 rings (SSSR count). The Morgan fingerprint density at radius 1 is 0.390 bits per heavy atom. The van der Waals surface area contributed by atoms with Crippen LogP contribution in [-0.2, 0) is 0 Å². The van der Waals surface area contributed by atoms with E-state index in [2.05, 4.69) is 103 Å². The number of hydrogen-bond donors (Lipinski definition) is 0. The molecule has 7 aromatic carbocycles. The molecule has 0 aliphatic rings. The van der Waals surface area contributed by atoms with E-state index in [0.717, 1.165) is 33.5 Å². The van der Waals surface area contributed by atoms with Gasteiger partial charge in [0.15, 0.2) is 0 Å². The van der Waals surface area contributed by atoms with Crippen molar-refractivity contribution in [3.05, 3.63) is 133 Å². The summed E-state index contributed by atoms with van der Waals surface area (Å²) in [4.78, 5) is 10.3. The first-order valence-corrected chi connectivity index (χ1v) is 14.7. The minimum atomic E-state index is 0.901. The molecular formula is C38H22N2S. The van der Waals surface area contributed by atoms with Crippen molar-refractivity contribution in [2.75, 3.05) is 0 Å². The molecule has 2 nitrogen and oxygen atoms in total. The normalized spacial score (nSPS) is 11.9. The molecule has 3 heteroatoms. The lowest BCUT2D eigenvalue weighted by atomic mass is 9.91. The van der Waals surface area contributed by atoms with Crippen molar-refractivity contribution >= 4 is 74.9 Å². The average Bonchev–Trinajstić information content (AvgIpc) is 3.43. The summed E-state index contributed by atoms with van der Waals surface area (Å²) in [6, 6.07) is 47.5. The largest absolute Gasteiger partial charge is 0.244 e. The van der Waals surface area contributed by atoms with E-state index in [-0.39, 0.29) is 0 Å². The van der Waals surface area contributed by atoms with Gasteiger partial charge < -0.3 is 0 Å². The van der Waals surface area contributed by atoms with Gasteiger partial charge in [-0.3, -0.25) is 0 Å². The first kappa shape index (κ1) is 22.7. The third-order valence-corrected chi connectivity index (χ3v) is 9.44. The van der Waals surface area contributed by atoms with Crippen molar-refractivity contribution in [1.29, 1.82) is 0 Å². The Labute approximate surface area is 240 Å². The number of para-hydroxylation sites is 2. The van der Waals surface area contributed by atoms with Crippen LogP contribution in [-0.4, -0.2) is 9.97 Å². The Hall–Kier alpha value is -5.12. The highest BCUT2D eigenvalue weighted by Gasteiger charge is 2.18. The molecule has 0 aliphatic heterocycles. The average molecular weight is 539 g/mol. The van der Waals surface area contributed by atoms with E-state index in [4.69, 9.17) is 9.97 Å². The van der Waals surface area contributed by atoms with Gasteiger partial charge in [0.2, 0.25) is 0 Å². The van der Waals surface area contributed by atoms with Gasteiger partial charge in [-0.05, 0) is 51.2 Å². The molecule has 0 bridgehead atoms. The number of aromatic nitrogens is 2. The molecule has 0 aliphatic carbocycles. The minimum absolute atomic E-state index is 0.901. The van der Waals surface area contributed by atoms with Gasteiger partial charge >= 0.3 is 0 Å². The van der Waals surface area contributed by atoms with E-state index in [1.54, 1.807) is 0 Å². The SMILES string of the molecule is c1ccc(-c2nc3ccccc3nc2-c2ccc3c(c2)c2ccccc2c2ccc4c5ccccc5sc4c23)cc1. The van der Waals surface area contributed by atoms with Gasteiger partial charge in [-0.1, -0.05) is 109 Å². The molecule has 0 spiro atoms. The monoisotopic (exact) mass is 538 g/mol. The maximum atomic E-state index is 5.19. The van der Waals surface area contributed by atoms with Gasteiger partial charge in [-0.2, -0.15) is 0 Å². The van der Waals surface area contributed by atoms with Crippen molar-refractivity contribution in [2.24, 2.45) is 0 Å². The fourth-order valence-corrected chi connectivity index (χ4v) is 7.63. The quantitative estimate of drug-likeness (QED) is 0.205. The van der Waals surface area contributed by atoms with E-state index < -0.39 is 0 Å². The second kappa shape index (κ2) is 8.69. The fourth-order valence-electron chi connectivity index (χ4n) is 6.36. The molecule has 190 valence electrons. The summed E-state index contributed by atoms with van der Waals surface area (Å²) < 4.78 is 2.68. The molecule has 2 aromatic heterocycles. The predicted molar refractivity (Wildman–Crippen MR) is 176 cm³/mol. The van der Waals surface area contributed by atoms with E-state index >= 15 is 0 Å². The van der Waals surface area contributed by atoms with Crippen LogP contribution in [0, 0.1) is 0 Å². The maximum Gasteiger partial charge on any atom is 0.0973 e. The molecule has 9 aromatic rings. The smallest absolute Gasteiger partial charge is 0.0973 e. The van der Waals surface area contributed by atoms with Gasteiger partial charge in [0.05, 0.1) is 22.4 Å². The molecule has 2 heterocycles. The summed E-state index contributed by atoms with van der Waals surface area (Å²) in [5.74, 6) is 0. The van der Waals surface area contributed by atoms with Crippen molar-refractivity contribution < 1.29 is 0 Å². The Morgan fingerprint density at radius 2 is 0.951 bits per heavy atom. The molecule has 0 amide bonds. The molecule has 0 saturated heterocycles. The lowest BCUT2D eigenvalue weighted by Crippen LogP contribution is -1.95. The summed E-state index contributed by atoms with van der Waals surface area (Å²) in [7, 11) is 0. The number of thiophene rings is 1. The molecule has 0 N–H and O–H groups in total. The number of fused-ring (bicyclic) bond motifs is 11. The minimum Gasteiger partial charge on any atom is -0.244 e. The zero-order chi connectivity index (χ0) is 26.9. The summed E-state index contributed by atoms with van der Waals surface area (Å²) in [5, 5.41) is 10.3. The summed E-state index contributed by atoms with van der Waals surface area (Å²) >= 11 is 1.89. The zero-order valence-corrected chi connectivity index (χ0v) is 22.8. The van der Waals surface area contributed by atoms with Crippen molar-refractivity contribution in [1.82, 2.24) is 9.97 Å². The Kier molecular flexibility index (Phi) is 4.80. The maximum absolute atomic E-state index is 5.19. The van der Waals surface area contributed by atoms with Crippen LogP contribution in [0.25, 0.3) is 86.0 Å². The van der Waals surface area contributed by atoms with Gasteiger partial charge in [0.25, 0.3) is 0 Å². The predicted octanol–water partition coefficient (Wildman–Crippen LogP) is 10.8. The molecule has 41 heavy (non-hydrogen) atoms. The van der Waals surface area contributed by atoms with E-state index in [9.17, 15) is 0 Å². The van der Waals surface area contributed by atoms with Crippen LogP contribution in [0.1, 0.15) is 0 Å². The highest BCUT2D eigenvalue weighted by molar-refractivity contribution is 7.26. The Bertz CT molecular complexity index is 2470. The van der Waals surface area contributed by atoms with Crippen LogP contribution in [0.3, 0.4) is 0 Å². The van der Waals surface area contributed by atoms with Crippen LogP contribution in [0.4, 0.5) is 0 Å². The highest BCUT2D eigenvalue weighted by atomic mass is 32.1. The zero-order valence-electron chi connectivity index (χ0n) is 22.0. The van der Waals surface area contributed by atoms with Crippen LogP contribution >= 0.6 is 11.3 Å². The molecule has 0 fully saturated rings. The number of hydrogen-bond acceptors (Lipinski definition) is 3. The van der Waals surface area contributed by atoms with Gasteiger partial charge in [-0.25, -0.2) is 9.97 Å². The summed E-state index contributed by atoms with van der Waals surface area (Å²) in [6.45, 7) is 0. The highest BCUT2D eigenvalue weighted by Crippen LogP contribution is 2.45. The number of rotatable bonds is 2. The van der Waals surface area contributed by atoms with Crippen molar-refractivity contribution in [3.63, 3.8) is 0 Å².